The summed E-state index contributed by atoms with van der Waals surface area (Å²) in [6.45, 7) is 2.26. The summed E-state index contributed by atoms with van der Waals surface area (Å²) in [5.41, 5.74) is 6.58. The summed E-state index contributed by atoms with van der Waals surface area (Å²) in [6.07, 6.45) is 0.158. The van der Waals surface area contributed by atoms with Gasteiger partial charge in [-0.15, -0.1) is 0 Å². The van der Waals surface area contributed by atoms with Crippen LogP contribution in [-0.4, -0.2) is 70.4 Å². The number of ether oxygens (including phenoxy) is 2. The number of hydrogen-bond donors (Lipinski definition) is 2. The number of fused-ring (bicyclic) bond motifs is 1. The molecule has 3 rings (SSSR count). The Bertz CT molecular complexity index is 842. The maximum atomic E-state index is 10.9. The van der Waals surface area contributed by atoms with Gasteiger partial charge in [-0.05, 0) is 6.92 Å². The minimum Gasteiger partial charge on any atom is -0.434 e. The Morgan fingerprint density at radius 2 is 2.18 bits per heavy atom. The number of hydrogen-bond acceptors (Lipinski definition) is 11. The Kier molecular flexibility index (Phi) is 6.43. The van der Waals surface area contributed by atoms with Crippen LogP contribution in [-0.2, 0) is 27.8 Å². The van der Waals surface area contributed by atoms with Gasteiger partial charge in [0.05, 0.1) is 12.4 Å². The van der Waals surface area contributed by atoms with E-state index in [0.717, 1.165) is 0 Å². The van der Waals surface area contributed by atoms with Gasteiger partial charge in [-0.2, -0.15) is 13.6 Å². The third-order valence-electron chi connectivity index (χ3n) is 3.77. The van der Waals surface area contributed by atoms with E-state index in [2.05, 4.69) is 15.0 Å². The van der Waals surface area contributed by atoms with Gasteiger partial charge in [-0.1, -0.05) is 0 Å². The zero-order valence-corrected chi connectivity index (χ0v) is 16.2. The molecule has 3 N–H and O–H groups in total. The quantitative estimate of drug-likeness (QED) is 0.304. The molecule has 1 aliphatic heterocycles. The van der Waals surface area contributed by atoms with E-state index in [1.165, 1.54) is 24.1 Å². The van der Waals surface area contributed by atoms with Crippen molar-refractivity contribution in [2.75, 3.05) is 25.7 Å². The van der Waals surface area contributed by atoms with Gasteiger partial charge in [0.15, 0.2) is 17.7 Å². The van der Waals surface area contributed by atoms with Gasteiger partial charge in [0, 0.05) is 6.92 Å². The first-order chi connectivity index (χ1) is 13.3. The Morgan fingerprint density at radius 3 is 2.93 bits per heavy atom. The Hall–Kier alpha value is -1.89. The van der Waals surface area contributed by atoms with E-state index in [9.17, 15) is 9.90 Å². The number of carbonyl (C=O) groups excluding carboxylic acids is 1. The molecule has 0 aliphatic carbocycles. The molecule has 1 saturated heterocycles. The van der Waals surface area contributed by atoms with Crippen LogP contribution in [0, 0.1) is 0 Å². The van der Waals surface area contributed by atoms with Gasteiger partial charge >= 0.3 is 21.4 Å². The zero-order chi connectivity index (χ0) is 20.3. The second kappa shape index (κ2) is 8.64. The molecule has 1 aliphatic rings. The summed E-state index contributed by atoms with van der Waals surface area (Å²) in [6, 6.07) is 0. The number of rotatable bonds is 4. The lowest BCUT2D eigenvalue weighted by Gasteiger charge is -2.25. The van der Waals surface area contributed by atoms with E-state index < -0.39 is 39.0 Å². The van der Waals surface area contributed by atoms with Crippen molar-refractivity contribution in [2.24, 2.45) is 0 Å². The van der Waals surface area contributed by atoms with E-state index in [0.29, 0.717) is 11.2 Å². The molecule has 28 heavy (non-hydrogen) atoms. The Balaban J connectivity index is 1.80. The number of nitrogen functional groups attached to an aromatic ring is 1. The number of esters is 1. The molecular weight excluding hydrogens is 392 g/mol. The number of aromatic nitrogens is 4. The molecule has 14 heteroatoms. The molecule has 1 unspecified atom stereocenters. The normalized spacial score (nSPS) is 29.0. The first-order valence-corrected chi connectivity index (χ1v) is 9.91. The molecular formula is C14H20BN5O7P+. The van der Waals surface area contributed by atoms with Gasteiger partial charge < -0.3 is 20.3 Å². The summed E-state index contributed by atoms with van der Waals surface area (Å²) in [7, 11) is 2.67. The molecule has 0 aromatic carbocycles. The molecule has 2 radical (unpaired) electrons. The fourth-order valence-corrected chi connectivity index (χ4v) is 3.64. The van der Waals surface area contributed by atoms with Gasteiger partial charge in [0.2, 0.25) is 6.79 Å². The van der Waals surface area contributed by atoms with Crippen molar-refractivity contribution in [1.29, 1.82) is 0 Å². The lowest BCUT2D eigenvalue weighted by atomic mass is 10.3. The average molecular weight is 412 g/mol. The van der Waals surface area contributed by atoms with Crippen molar-refractivity contribution in [3.8, 4) is 0 Å². The number of nitrogens with zero attached hydrogens (tertiary/aromatic N) is 4. The monoisotopic (exact) mass is 412 g/mol. The third-order valence-corrected chi connectivity index (χ3v) is 5.25. The predicted molar refractivity (Wildman–Crippen MR) is 97.6 cm³/mol. The van der Waals surface area contributed by atoms with E-state index in [4.69, 9.17) is 36.3 Å². The van der Waals surface area contributed by atoms with E-state index in [1.54, 1.807) is 6.92 Å². The largest absolute Gasteiger partial charge is 0.488 e. The zero-order valence-electron chi connectivity index (χ0n) is 15.3. The average Bonchev–Trinajstić information content (AvgIpc) is 3.08. The summed E-state index contributed by atoms with van der Waals surface area (Å²) in [4.78, 5) is 23.1. The van der Waals surface area contributed by atoms with Crippen LogP contribution in [0.15, 0.2) is 12.7 Å². The number of imidazole rings is 1. The highest BCUT2D eigenvalue weighted by atomic mass is 31.2. The highest BCUT2D eigenvalue weighted by Crippen LogP contribution is 2.58. The topological polar surface area (TPSA) is 153 Å². The molecule has 2 aromatic heterocycles. The molecule has 2 aromatic rings. The number of nitrogens with two attached hydrogens (primary N) is 1. The van der Waals surface area contributed by atoms with Crippen molar-refractivity contribution in [3.05, 3.63) is 12.7 Å². The van der Waals surface area contributed by atoms with Crippen LogP contribution in [0.1, 0.15) is 20.1 Å². The third kappa shape index (κ3) is 4.74. The van der Waals surface area contributed by atoms with Crippen molar-refractivity contribution < 1.29 is 32.9 Å². The Morgan fingerprint density at radius 1 is 1.43 bits per heavy atom. The number of carbonyl (C=O) groups is 1. The van der Waals surface area contributed by atoms with Crippen LogP contribution in [0.25, 0.3) is 11.2 Å². The number of anilines is 1. The lowest BCUT2D eigenvalue weighted by molar-refractivity contribution is -0.148. The molecule has 1 fully saturated rings. The first-order valence-electron chi connectivity index (χ1n) is 8.30. The fourth-order valence-electron chi connectivity index (χ4n) is 2.44. The molecule has 0 amide bonds. The maximum absolute atomic E-state index is 10.9. The van der Waals surface area contributed by atoms with Crippen LogP contribution in [0.5, 0.6) is 0 Å². The summed E-state index contributed by atoms with van der Waals surface area (Å²) in [5.74, 6) is -0.333. The highest BCUT2D eigenvalue weighted by Gasteiger charge is 2.44. The summed E-state index contributed by atoms with van der Waals surface area (Å²) < 4.78 is 28.4. The van der Waals surface area contributed by atoms with E-state index in [-0.39, 0.29) is 19.0 Å². The van der Waals surface area contributed by atoms with Crippen molar-refractivity contribution in [3.63, 3.8) is 0 Å². The molecule has 0 spiro atoms. The molecule has 4 atom stereocenters. The van der Waals surface area contributed by atoms with Gasteiger partial charge in [-0.3, -0.25) is 9.36 Å². The van der Waals surface area contributed by atoms with E-state index >= 15 is 0 Å². The summed E-state index contributed by atoms with van der Waals surface area (Å²) >= 11 is 0. The number of aliphatic hydroxyl groups is 1. The maximum Gasteiger partial charge on any atom is 0.488 e. The highest BCUT2D eigenvalue weighted by molar-refractivity contribution is 7.85. The van der Waals surface area contributed by atoms with Gasteiger partial charge in [-0.25, -0.2) is 15.0 Å². The minimum absolute atomic E-state index is 0.0112. The summed E-state index contributed by atoms with van der Waals surface area (Å²) in [5, 5.41) is 10.7. The van der Waals surface area contributed by atoms with Crippen LogP contribution < -0.4 is 5.73 Å². The molecule has 150 valence electrons. The van der Waals surface area contributed by atoms with Crippen molar-refractivity contribution in [1.82, 2.24) is 19.5 Å². The number of aliphatic hydroxyl groups excluding tert-OH is 1. The molecule has 0 bridgehead atoms. The van der Waals surface area contributed by atoms with Crippen molar-refractivity contribution >= 4 is 38.3 Å². The fraction of sp³-hybridized carbons (Fsp3) is 0.571. The molecule has 12 nitrogen and oxygen atoms in total. The van der Waals surface area contributed by atoms with Crippen molar-refractivity contribution in [2.45, 2.75) is 32.3 Å². The van der Waals surface area contributed by atoms with Gasteiger partial charge in [0.1, 0.15) is 31.2 Å². The predicted octanol–water partition coefficient (Wildman–Crippen LogP) is 0.103. The first kappa shape index (κ1) is 20.8. The van der Waals surface area contributed by atoms with Gasteiger partial charge in [0.25, 0.3) is 0 Å². The Labute approximate surface area is 162 Å². The van der Waals surface area contributed by atoms with Crippen LogP contribution in [0.4, 0.5) is 5.82 Å². The van der Waals surface area contributed by atoms with Crippen LogP contribution >= 0.6 is 7.82 Å². The minimum atomic E-state index is -3.34. The molecule has 3 heterocycles. The second-order valence-electron chi connectivity index (χ2n) is 6.00. The lowest BCUT2D eigenvalue weighted by Crippen LogP contribution is -2.32. The standard InChI is InChI=1S/C14H20BN5O7P/c1-8-3-24-28(15,26-7-23-9(2)21)25-4-10(22)14(27-8)20-6-19-11-12(16)17-5-18-13(11)20/h5-6,8,10,14,22H,3-4,7H2,1-2H3,(H2,16,17,18)/q+1/t8-,10-,14+,28?/m0/s1. The second-order valence-corrected chi connectivity index (χ2v) is 7.86. The smallest absolute Gasteiger partial charge is 0.434 e. The van der Waals surface area contributed by atoms with Crippen LogP contribution in [0.3, 0.4) is 0 Å². The SMILES string of the molecule is [B][P+]1(OCOC(C)=O)OC[C@H](C)O[C@@H](n2cnc3c(N)ncnc32)[C@@H](O)CO1. The van der Waals surface area contributed by atoms with E-state index in [1.807, 2.05) is 0 Å². The molecule has 0 saturated carbocycles. The van der Waals surface area contributed by atoms with Crippen LogP contribution in [0.2, 0.25) is 0 Å².